The molecule has 0 aliphatic carbocycles. The fourth-order valence-electron chi connectivity index (χ4n) is 2.47. The van der Waals surface area contributed by atoms with Crippen molar-refractivity contribution >= 4 is 18.0 Å². The van der Waals surface area contributed by atoms with Crippen LogP contribution in [-0.2, 0) is 4.79 Å². The lowest BCUT2D eigenvalue weighted by atomic mass is 10.0. The lowest BCUT2D eigenvalue weighted by Gasteiger charge is -2.20. The molecule has 0 saturated carbocycles. The maximum absolute atomic E-state index is 13.0. The van der Waals surface area contributed by atoms with Crippen LogP contribution in [0.4, 0.5) is 4.39 Å². The Balaban J connectivity index is 1.94. The van der Waals surface area contributed by atoms with E-state index in [9.17, 15) is 14.0 Å². The zero-order valence-corrected chi connectivity index (χ0v) is 16.8. The SMILES string of the molecule is CCCOc1ccc(C=NNC(=O)C(NC(=O)c2ccc(F)cc2)C(C)C)cc1. The van der Waals surface area contributed by atoms with Crippen molar-refractivity contribution < 1.29 is 18.7 Å². The quantitative estimate of drug-likeness (QED) is 0.500. The average Bonchev–Trinajstić information content (AvgIpc) is 2.71. The number of benzene rings is 2. The third-order valence-corrected chi connectivity index (χ3v) is 4.08. The van der Waals surface area contributed by atoms with Crippen molar-refractivity contribution in [1.29, 1.82) is 0 Å². The Morgan fingerprint density at radius 1 is 1.10 bits per heavy atom. The predicted octanol–water partition coefficient (Wildman–Crippen LogP) is 3.52. The lowest BCUT2D eigenvalue weighted by molar-refractivity contribution is -0.123. The van der Waals surface area contributed by atoms with Crippen LogP contribution in [0.1, 0.15) is 43.1 Å². The standard InChI is InChI=1S/C22H26FN3O3/c1-4-13-29-19-11-5-16(6-12-19)14-24-26-22(28)20(15(2)3)25-21(27)17-7-9-18(23)10-8-17/h5-12,14-15,20H,4,13H2,1-3H3,(H,25,27)(H,26,28). The van der Waals surface area contributed by atoms with Gasteiger partial charge < -0.3 is 10.1 Å². The number of ether oxygens (including phenoxy) is 1. The monoisotopic (exact) mass is 399 g/mol. The van der Waals surface area contributed by atoms with Gasteiger partial charge in [0.05, 0.1) is 12.8 Å². The highest BCUT2D eigenvalue weighted by Crippen LogP contribution is 2.11. The maximum atomic E-state index is 13.0. The Bertz CT molecular complexity index is 833. The first kappa shape index (κ1) is 22.1. The van der Waals surface area contributed by atoms with Crippen molar-refractivity contribution in [3.05, 3.63) is 65.5 Å². The highest BCUT2D eigenvalue weighted by Gasteiger charge is 2.24. The molecule has 2 aromatic rings. The third-order valence-electron chi connectivity index (χ3n) is 4.08. The molecular formula is C22H26FN3O3. The first-order valence-corrected chi connectivity index (χ1v) is 9.53. The number of amides is 2. The molecule has 154 valence electrons. The fraction of sp³-hybridized carbons (Fsp3) is 0.318. The third kappa shape index (κ3) is 7.03. The molecule has 0 aliphatic rings. The van der Waals surface area contributed by atoms with Gasteiger partial charge in [-0.3, -0.25) is 9.59 Å². The largest absolute Gasteiger partial charge is 0.494 e. The summed E-state index contributed by atoms with van der Waals surface area (Å²) in [6.45, 7) is 6.32. The number of hydrogen-bond acceptors (Lipinski definition) is 4. The molecule has 0 bridgehead atoms. The van der Waals surface area contributed by atoms with Gasteiger partial charge in [0.1, 0.15) is 17.6 Å². The molecule has 2 aromatic carbocycles. The van der Waals surface area contributed by atoms with E-state index in [0.717, 1.165) is 17.7 Å². The van der Waals surface area contributed by atoms with Gasteiger partial charge in [-0.2, -0.15) is 5.10 Å². The van der Waals surface area contributed by atoms with E-state index in [2.05, 4.69) is 15.8 Å². The number of halogens is 1. The number of nitrogens with one attached hydrogen (secondary N) is 2. The first-order valence-electron chi connectivity index (χ1n) is 9.53. The molecule has 29 heavy (non-hydrogen) atoms. The summed E-state index contributed by atoms with van der Waals surface area (Å²) in [5.41, 5.74) is 3.53. The number of hydrogen-bond donors (Lipinski definition) is 2. The van der Waals surface area contributed by atoms with E-state index in [1.54, 1.807) is 0 Å². The number of carbonyl (C=O) groups is 2. The van der Waals surface area contributed by atoms with Crippen LogP contribution in [0.2, 0.25) is 0 Å². The van der Waals surface area contributed by atoms with Crippen LogP contribution in [0.3, 0.4) is 0 Å². The van der Waals surface area contributed by atoms with Crippen LogP contribution in [0, 0.1) is 11.7 Å². The van der Waals surface area contributed by atoms with Crippen LogP contribution in [-0.4, -0.2) is 30.7 Å². The zero-order valence-electron chi connectivity index (χ0n) is 16.8. The van der Waals surface area contributed by atoms with Crippen molar-refractivity contribution in [2.75, 3.05) is 6.61 Å². The zero-order chi connectivity index (χ0) is 21.2. The van der Waals surface area contributed by atoms with Crippen LogP contribution in [0.25, 0.3) is 0 Å². The van der Waals surface area contributed by atoms with Gasteiger partial charge in [0, 0.05) is 5.56 Å². The van der Waals surface area contributed by atoms with E-state index >= 15 is 0 Å². The molecule has 0 fully saturated rings. The molecule has 1 unspecified atom stereocenters. The van der Waals surface area contributed by atoms with Crippen molar-refractivity contribution in [2.45, 2.75) is 33.2 Å². The van der Waals surface area contributed by atoms with Crippen LogP contribution < -0.4 is 15.5 Å². The molecule has 0 aromatic heterocycles. The smallest absolute Gasteiger partial charge is 0.262 e. The maximum Gasteiger partial charge on any atom is 0.262 e. The lowest BCUT2D eigenvalue weighted by Crippen LogP contribution is -2.48. The number of nitrogens with zero attached hydrogens (tertiary/aromatic N) is 1. The second kappa shape index (κ2) is 10.9. The van der Waals surface area contributed by atoms with E-state index in [1.165, 1.54) is 30.5 Å². The Hall–Kier alpha value is -3.22. The average molecular weight is 399 g/mol. The predicted molar refractivity (Wildman–Crippen MR) is 110 cm³/mol. The van der Waals surface area contributed by atoms with Gasteiger partial charge in [-0.05, 0) is 66.4 Å². The first-order chi connectivity index (χ1) is 13.9. The van der Waals surface area contributed by atoms with Gasteiger partial charge in [0.25, 0.3) is 11.8 Å². The summed E-state index contributed by atoms with van der Waals surface area (Å²) in [4.78, 5) is 24.8. The van der Waals surface area contributed by atoms with Crippen molar-refractivity contribution in [1.82, 2.24) is 10.7 Å². The van der Waals surface area contributed by atoms with Gasteiger partial charge in [0.2, 0.25) is 0 Å². The Kier molecular flexibility index (Phi) is 8.33. The fourth-order valence-corrected chi connectivity index (χ4v) is 2.47. The van der Waals surface area contributed by atoms with E-state index < -0.39 is 23.7 Å². The molecule has 0 radical (unpaired) electrons. The molecular weight excluding hydrogens is 373 g/mol. The van der Waals surface area contributed by atoms with E-state index in [-0.39, 0.29) is 11.5 Å². The van der Waals surface area contributed by atoms with Gasteiger partial charge in [-0.1, -0.05) is 20.8 Å². The normalized spacial score (nSPS) is 12.0. The van der Waals surface area contributed by atoms with Crippen LogP contribution >= 0.6 is 0 Å². The van der Waals surface area contributed by atoms with Gasteiger partial charge in [-0.15, -0.1) is 0 Å². The minimum Gasteiger partial charge on any atom is -0.494 e. The minimum atomic E-state index is -0.783. The van der Waals surface area contributed by atoms with Gasteiger partial charge >= 0.3 is 0 Å². The summed E-state index contributed by atoms with van der Waals surface area (Å²) in [5, 5.41) is 6.63. The molecule has 2 rings (SSSR count). The summed E-state index contributed by atoms with van der Waals surface area (Å²) in [5.74, 6) is -0.708. The van der Waals surface area contributed by atoms with Gasteiger partial charge in [-0.25, -0.2) is 9.82 Å². The summed E-state index contributed by atoms with van der Waals surface area (Å²) in [6.07, 6.45) is 2.45. The summed E-state index contributed by atoms with van der Waals surface area (Å²) >= 11 is 0. The van der Waals surface area contributed by atoms with Gasteiger partial charge in [0.15, 0.2) is 0 Å². The summed E-state index contributed by atoms with van der Waals surface area (Å²) < 4.78 is 18.5. The highest BCUT2D eigenvalue weighted by molar-refractivity contribution is 5.97. The molecule has 6 nitrogen and oxygen atoms in total. The van der Waals surface area contributed by atoms with Crippen molar-refractivity contribution in [3.8, 4) is 5.75 Å². The Morgan fingerprint density at radius 3 is 2.34 bits per heavy atom. The molecule has 0 heterocycles. The van der Waals surface area contributed by atoms with Crippen molar-refractivity contribution in [2.24, 2.45) is 11.0 Å². The van der Waals surface area contributed by atoms with Crippen molar-refractivity contribution in [3.63, 3.8) is 0 Å². The Morgan fingerprint density at radius 2 is 1.76 bits per heavy atom. The molecule has 0 aliphatic heterocycles. The summed E-state index contributed by atoms with van der Waals surface area (Å²) in [6, 6.07) is 11.7. The van der Waals surface area contributed by atoms with Crippen LogP contribution in [0.15, 0.2) is 53.6 Å². The second-order valence-corrected chi connectivity index (χ2v) is 6.85. The molecule has 0 spiro atoms. The van der Waals surface area contributed by atoms with E-state index in [4.69, 9.17) is 4.74 Å². The summed E-state index contributed by atoms with van der Waals surface area (Å²) in [7, 11) is 0. The second-order valence-electron chi connectivity index (χ2n) is 6.85. The molecule has 1 atom stereocenters. The molecule has 2 N–H and O–H groups in total. The Labute approximate surface area is 170 Å². The number of hydrazone groups is 1. The molecule has 7 heteroatoms. The molecule has 0 saturated heterocycles. The highest BCUT2D eigenvalue weighted by atomic mass is 19.1. The number of rotatable bonds is 9. The molecule has 2 amide bonds. The van der Waals surface area contributed by atoms with E-state index in [1.807, 2.05) is 45.0 Å². The number of carbonyl (C=O) groups excluding carboxylic acids is 2. The van der Waals surface area contributed by atoms with Crippen LogP contribution in [0.5, 0.6) is 5.75 Å². The topological polar surface area (TPSA) is 79.8 Å². The minimum absolute atomic E-state index is 0.162. The van der Waals surface area contributed by atoms with E-state index in [0.29, 0.717) is 6.61 Å².